The predicted octanol–water partition coefficient (Wildman–Crippen LogP) is 7.45. The lowest BCUT2D eigenvalue weighted by molar-refractivity contribution is -0.0797. The number of ether oxygens (including phenoxy) is 1. The molecule has 2 saturated carbocycles. The highest BCUT2D eigenvalue weighted by Gasteiger charge is 2.50. The van der Waals surface area contributed by atoms with Crippen molar-refractivity contribution in [2.45, 2.75) is 57.7 Å². The number of hydrogen-bond acceptors (Lipinski definition) is 7. The number of rotatable bonds is 7. The molecular weight excluding hydrogens is 525 g/mol. The van der Waals surface area contributed by atoms with E-state index in [0.717, 1.165) is 62.0 Å². The van der Waals surface area contributed by atoms with Crippen LogP contribution in [0.15, 0.2) is 45.3 Å². The van der Waals surface area contributed by atoms with Crippen LogP contribution in [0.25, 0.3) is 22.4 Å². The van der Waals surface area contributed by atoms with Crippen molar-refractivity contribution >= 4 is 46.1 Å². The maximum atomic E-state index is 11.7. The van der Waals surface area contributed by atoms with Gasteiger partial charge in [0.25, 0.3) is 6.01 Å². The Hall–Kier alpha value is -2.87. The van der Waals surface area contributed by atoms with Gasteiger partial charge in [0, 0.05) is 35.7 Å². The molecule has 4 aromatic rings. The summed E-state index contributed by atoms with van der Waals surface area (Å²) in [4.78, 5) is 18.6. The first kappa shape index (κ1) is 24.2. The van der Waals surface area contributed by atoms with Crippen molar-refractivity contribution in [3.63, 3.8) is 0 Å². The number of oxazole rings is 1. The molecule has 0 N–H and O–H groups in total. The van der Waals surface area contributed by atoms with E-state index >= 15 is 0 Å². The number of hydrogen-bond donors (Lipinski definition) is 0. The van der Waals surface area contributed by atoms with Crippen LogP contribution in [0.2, 0.25) is 10.0 Å². The lowest BCUT2D eigenvalue weighted by atomic mass is 9.66. The number of aromatic nitrogens is 2. The van der Waals surface area contributed by atoms with E-state index < -0.39 is 0 Å². The van der Waals surface area contributed by atoms with Crippen molar-refractivity contribution in [2.24, 2.45) is 5.41 Å². The summed E-state index contributed by atoms with van der Waals surface area (Å²) in [5.74, 6) is 1.32. The summed E-state index contributed by atoms with van der Waals surface area (Å²) >= 11 is 13.0. The quantitative estimate of drug-likeness (QED) is 0.220. The predicted molar refractivity (Wildman–Crippen MR) is 145 cm³/mol. The Morgan fingerprint density at radius 3 is 2.71 bits per heavy atom. The number of ketones is 1. The third-order valence-electron chi connectivity index (χ3n) is 8.24. The van der Waals surface area contributed by atoms with Crippen molar-refractivity contribution in [1.29, 1.82) is 0 Å². The second-order valence-electron chi connectivity index (χ2n) is 11.0. The molecule has 7 nitrogen and oxygen atoms in total. The number of halogens is 2. The minimum absolute atomic E-state index is 0.0167. The molecular formula is C29H27Cl2N3O4. The molecule has 196 valence electrons. The molecule has 0 amide bonds. The second kappa shape index (κ2) is 9.11. The maximum Gasteiger partial charge on any atom is 0.298 e. The SMILES string of the molecule is CC(=O)c1ccc2nc(N3CCC4(CC(OCc5c(-c6c(Cl)cccc6Cl)noc5C5CC5)C4)C3)oc2c1. The second-order valence-corrected chi connectivity index (χ2v) is 11.8. The van der Waals surface area contributed by atoms with Gasteiger partial charge in [0.15, 0.2) is 11.4 Å². The highest BCUT2D eigenvalue weighted by atomic mass is 35.5. The van der Waals surface area contributed by atoms with Crippen molar-refractivity contribution in [3.8, 4) is 11.3 Å². The van der Waals surface area contributed by atoms with Crippen LogP contribution in [0.1, 0.15) is 66.6 Å². The van der Waals surface area contributed by atoms with Crippen LogP contribution in [-0.2, 0) is 11.3 Å². The summed E-state index contributed by atoms with van der Waals surface area (Å²) < 4.78 is 18.2. The highest BCUT2D eigenvalue weighted by Crippen LogP contribution is 2.51. The molecule has 0 unspecified atom stereocenters. The monoisotopic (exact) mass is 551 g/mol. The zero-order valence-electron chi connectivity index (χ0n) is 21.0. The molecule has 1 aliphatic heterocycles. The topological polar surface area (TPSA) is 81.6 Å². The van der Waals surface area contributed by atoms with E-state index in [0.29, 0.717) is 51.0 Å². The molecule has 2 aromatic carbocycles. The number of anilines is 1. The van der Waals surface area contributed by atoms with Crippen LogP contribution in [0.3, 0.4) is 0 Å². The van der Waals surface area contributed by atoms with Crippen molar-refractivity contribution < 1.29 is 18.5 Å². The standard InChI is InChI=1S/C29H27Cl2N3O4/c1-16(35)18-7-8-23-24(11-18)37-28(32-23)34-10-9-29(15-34)12-19(13-29)36-14-20-26(33-38-27(20)17-5-6-17)25-21(30)3-2-4-22(25)31/h2-4,7-8,11,17,19H,5-6,9-10,12-15H2,1H3. The first-order valence-electron chi connectivity index (χ1n) is 13.1. The normalized spacial score (nSPS) is 22.9. The van der Waals surface area contributed by atoms with Gasteiger partial charge in [0.1, 0.15) is 17.0 Å². The first-order chi connectivity index (χ1) is 18.4. The van der Waals surface area contributed by atoms with E-state index in [1.165, 1.54) is 0 Å². The molecule has 3 aliphatic rings. The van der Waals surface area contributed by atoms with Gasteiger partial charge in [-0.1, -0.05) is 34.4 Å². The van der Waals surface area contributed by atoms with Crippen LogP contribution in [0.5, 0.6) is 0 Å². The molecule has 0 radical (unpaired) electrons. The Bertz CT molecular complexity index is 1530. The molecule has 2 aromatic heterocycles. The van der Waals surface area contributed by atoms with Crippen molar-refractivity contribution in [2.75, 3.05) is 18.0 Å². The summed E-state index contributed by atoms with van der Waals surface area (Å²) in [6.45, 7) is 3.77. The van der Waals surface area contributed by atoms with Crippen molar-refractivity contribution in [3.05, 3.63) is 63.3 Å². The molecule has 1 saturated heterocycles. The van der Waals surface area contributed by atoms with E-state index in [1.807, 2.05) is 24.3 Å². The molecule has 0 atom stereocenters. The number of fused-ring (bicyclic) bond motifs is 1. The molecule has 38 heavy (non-hydrogen) atoms. The number of Topliss-reactive ketones (excluding diaryl/α,β-unsaturated/α-hetero) is 1. The van der Waals surface area contributed by atoms with Gasteiger partial charge in [-0.25, -0.2) is 0 Å². The largest absolute Gasteiger partial charge is 0.423 e. The minimum Gasteiger partial charge on any atom is -0.423 e. The fourth-order valence-corrected chi connectivity index (χ4v) is 6.55. The molecule has 3 fully saturated rings. The first-order valence-corrected chi connectivity index (χ1v) is 13.9. The van der Waals surface area contributed by atoms with E-state index in [9.17, 15) is 4.79 Å². The van der Waals surface area contributed by atoms with Gasteiger partial charge in [0.2, 0.25) is 0 Å². The van der Waals surface area contributed by atoms with Gasteiger partial charge >= 0.3 is 0 Å². The lowest BCUT2D eigenvalue weighted by Gasteiger charge is -2.44. The van der Waals surface area contributed by atoms with Crippen LogP contribution >= 0.6 is 23.2 Å². The van der Waals surface area contributed by atoms with Crippen LogP contribution in [0, 0.1) is 5.41 Å². The highest BCUT2D eigenvalue weighted by molar-refractivity contribution is 6.39. The summed E-state index contributed by atoms with van der Waals surface area (Å²) in [6, 6.07) is 11.5. The third kappa shape index (κ3) is 4.21. The number of carbonyl (C=O) groups is 1. The van der Waals surface area contributed by atoms with Gasteiger partial charge in [-0.2, -0.15) is 4.98 Å². The van der Waals surface area contributed by atoms with Crippen LogP contribution in [0.4, 0.5) is 6.01 Å². The molecule has 3 heterocycles. The molecule has 2 aliphatic carbocycles. The van der Waals surface area contributed by atoms with Gasteiger partial charge in [0.05, 0.1) is 22.8 Å². The van der Waals surface area contributed by atoms with Gasteiger partial charge in [-0.3, -0.25) is 4.79 Å². The van der Waals surface area contributed by atoms with Gasteiger partial charge in [-0.05, 0) is 74.8 Å². The smallest absolute Gasteiger partial charge is 0.298 e. The summed E-state index contributed by atoms with van der Waals surface area (Å²) in [5.41, 5.74) is 4.62. The van der Waals surface area contributed by atoms with E-state index in [-0.39, 0.29) is 17.3 Å². The van der Waals surface area contributed by atoms with Crippen molar-refractivity contribution in [1.82, 2.24) is 10.1 Å². The zero-order valence-corrected chi connectivity index (χ0v) is 22.5. The Morgan fingerprint density at radius 2 is 1.97 bits per heavy atom. The lowest BCUT2D eigenvalue weighted by Crippen LogP contribution is -2.44. The van der Waals surface area contributed by atoms with E-state index in [2.05, 4.69) is 15.0 Å². The van der Waals surface area contributed by atoms with E-state index in [1.54, 1.807) is 19.1 Å². The minimum atomic E-state index is 0.0167. The Balaban J connectivity index is 1.03. The fourth-order valence-electron chi connectivity index (χ4n) is 5.97. The third-order valence-corrected chi connectivity index (χ3v) is 8.87. The number of benzene rings is 2. The fraction of sp³-hybridized carbons (Fsp3) is 0.414. The Kier molecular flexibility index (Phi) is 5.80. The zero-order chi connectivity index (χ0) is 26.0. The maximum absolute atomic E-state index is 11.7. The van der Waals surface area contributed by atoms with Gasteiger partial charge in [-0.15, -0.1) is 0 Å². The molecule has 7 rings (SSSR count). The average Bonchev–Trinajstić information content (AvgIpc) is 3.29. The van der Waals surface area contributed by atoms with E-state index in [4.69, 9.17) is 36.9 Å². The number of nitrogens with zero attached hydrogens (tertiary/aromatic N) is 3. The Morgan fingerprint density at radius 1 is 1.18 bits per heavy atom. The Labute approximate surface area is 230 Å². The summed E-state index contributed by atoms with van der Waals surface area (Å²) in [6.07, 6.45) is 5.44. The summed E-state index contributed by atoms with van der Waals surface area (Å²) in [7, 11) is 0. The van der Waals surface area contributed by atoms with Gasteiger partial charge < -0.3 is 18.6 Å². The molecule has 0 bridgehead atoms. The molecule has 9 heteroatoms. The van der Waals surface area contributed by atoms with Crippen LogP contribution < -0.4 is 4.90 Å². The average molecular weight is 552 g/mol. The number of carbonyl (C=O) groups excluding carboxylic acids is 1. The summed E-state index contributed by atoms with van der Waals surface area (Å²) in [5, 5.41) is 5.48. The van der Waals surface area contributed by atoms with Crippen LogP contribution in [-0.4, -0.2) is 35.1 Å². The molecule has 1 spiro atoms.